The van der Waals surface area contributed by atoms with Crippen LogP contribution >= 0.6 is 0 Å². The lowest BCUT2D eigenvalue weighted by Gasteiger charge is -2.32. The Bertz CT molecular complexity index is 199. The Morgan fingerprint density at radius 3 is 2.54 bits per heavy atom. The van der Waals surface area contributed by atoms with E-state index in [0.717, 1.165) is 6.42 Å². The van der Waals surface area contributed by atoms with Crippen molar-refractivity contribution in [1.29, 1.82) is 0 Å². The van der Waals surface area contributed by atoms with Crippen LogP contribution in [0, 0.1) is 5.92 Å². The Labute approximate surface area is 79.8 Å². The van der Waals surface area contributed by atoms with Crippen molar-refractivity contribution >= 4 is 5.97 Å². The van der Waals surface area contributed by atoms with Crippen LogP contribution in [0.5, 0.6) is 0 Å². The van der Waals surface area contributed by atoms with Crippen molar-refractivity contribution < 1.29 is 9.53 Å². The van der Waals surface area contributed by atoms with Gasteiger partial charge in [0.2, 0.25) is 0 Å². The molecule has 1 N–H and O–H groups in total. The van der Waals surface area contributed by atoms with Crippen LogP contribution in [0.1, 0.15) is 34.1 Å². The van der Waals surface area contributed by atoms with Gasteiger partial charge in [-0.05, 0) is 19.8 Å². The molecule has 1 rings (SSSR count). The molecule has 0 aromatic carbocycles. The Kier molecular flexibility index (Phi) is 2.96. The molecule has 1 aliphatic heterocycles. The third-order valence-electron chi connectivity index (χ3n) is 2.92. The molecule has 0 bridgehead atoms. The molecule has 0 aliphatic carbocycles. The average Bonchev–Trinajstić information content (AvgIpc) is 2.35. The Morgan fingerprint density at radius 1 is 1.54 bits per heavy atom. The molecule has 1 atom stereocenters. The van der Waals surface area contributed by atoms with Gasteiger partial charge in [0, 0.05) is 12.0 Å². The molecule has 3 heteroatoms. The SMILES string of the molecule is CC(C)C(C)(C)NC1CCOC1=O. The fourth-order valence-corrected chi connectivity index (χ4v) is 1.24. The van der Waals surface area contributed by atoms with Gasteiger partial charge >= 0.3 is 5.97 Å². The first-order chi connectivity index (χ1) is 5.93. The average molecular weight is 185 g/mol. The summed E-state index contributed by atoms with van der Waals surface area (Å²) in [5.74, 6) is 0.398. The minimum Gasteiger partial charge on any atom is -0.464 e. The van der Waals surface area contributed by atoms with Crippen LogP contribution in [0.4, 0.5) is 0 Å². The van der Waals surface area contributed by atoms with E-state index in [1.54, 1.807) is 0 Å². The molecule has 0 saturated carbocycles. The second-order valence-corrected chi connectivity index (χ2v) is 4.53. The lowest BCUT2D eigenvalue weighted by Crippen LogP contribution is -2.51. The number of nitrogens with one attached hydrogen (secondary N) is 1. The predicted molar refractivity (Wildman–Crippen MR) is 51.4 cm³/mol. The second kappa shape index (κ2) is 3.66. The maximum atomic E-state index is 11.2. The van der Waals surface area contributed by atoms with Crippen LogP contribution in [0.2, 0.25) is 0 Å². The van der Waals surface area contributed by atoms with Gasteiger partial charge in [0.1, 0.15) is 6.04 Å². The number of hydrogen-bond donors (Lipinski definition) is 1. The molecule has 0 amide bonds. The molecular formula is C10H19NO2. The van der Waals surface area contributed by atoms with Crippen LogP contribution in [-0.2, 0) is 9.53 Å². The molecule has 1 aliphatic rings. The summed E-state index contributed by atoms with van der Waals surface area (Å²) in [4.78, 5) is 11.2. The highest BCUT2D eigenvalue weighted by Crippen LogP contribution is 2.18. The number of carbonyl (C=O) groups is 1. The van der Waals surface area contributed by atoms with Gasteiger partial charge in [0.25, 0.3) is 0 Å². The molecule has 1 heterocycles. The van der Waals surface area contributed by atoms with Crippen molar-refractivity contribution in [2.45, 2.75) is 45.7 Å². The zero-order valence-corrected chi connectivity index (χ0v) is 8.89. The quantitative estimate of drug-likeness (QED) is 0.674. The molecular weight excluding hydrogens is 166 g/mol. The van der Waals surface area contributed by atoms with E-state index in [1.165, 1.54) is 0 Å². The largest absolute Gasteiger partial charge is 0.464 e. The van der Waals surface area contributed by atoms with E-state index in [-0.39, 0.29) is 17.6 Å². The molecule has 0 spiro atoms. The number of ether oxygens (including phenoxy) is 1. The smallest absolute Gasteiger partial charge is 0.323 e. The summed E-state index contributed by atoms with van der Waals surface area (Å²) in [5.41, 5.74) is -0.00593. The number of carbonyl (C=O) groups excluding carboxylic acids is 1. The van der Waals surface area contributed by atoms with Crippen LogP contribution < -0.4 is 5.32 Å². The van der Waals surface area contributed by atoms with Crippen molar-refractivity contribution in [3.05, 3.63) is 0 Å². The first-order valence-corrected chi connectivity index (χ1v) is 4.88. The lowest BCUT2D eigenvalue weighted by atomic mass is 9.89. The van der Waals surface area contributed by atoms with E-state index in [4.69, 9.17) is 4.74 Å². The van der Waals surface area contributed by atoms with Crippen LogP contribution in [-0.4, -0.2) is 24.2 Å². The number of esters is 1. The maximum Gasteiger partial charge on any atom is 0.323 e. The first-order valence-electron chi connectivity index (χ1n) is 4.88. The Morgan fingerprint density at radius 2 is 2.15 bits per heavy atom. The summed E-state index contributed by atoms with van der Waals surface area (Å²) in [5, 5.41) is 3.33. The summed E-state index contributed by atoms with van der Waals surface area (Å²) in [6, 6.07) is -0.0996. The Hall–Kier alpha value is -0.570. The summed E-state index contributed by atoms with van der Waals surface area (Å²) >= 11 is 0. The van der Waals surface area contributed by atoms with Gasteiger partial charge in [-0.15, -0.1) is 0 Å². The van der Waals surface area contributed by atoms with E-state index in [9.17, 15) is 4.79 Å². The normalized spacial score (nSPS) is 23.8. The number of cyclic esters (lactones) is 1. The van der Waals surface area contributed by atoms with Crippen molar-refractivity contribution in [2.75, 3.05) is 6.61 Å². The van der Waals surface area contributed by atoms with Gasteiger partial charge in [0.05, 0.1) is 6.61 Å². The van der Waals surface area contributed by atoms with Crippen LogP contribution in [0.25, 0.3) is 0 Å². The van der Waals surface area contributed by atoms with Gasteiger partial charge in [-0.3, -0.25) is 10.1 Å². The van der Waals surface area contributed by atoms with Gasteiger partial charge in [-0.1, -0.05) is 13.8 Å². The van der Waals surface area contributed by atoms with E-state index < -0.39 is 0 Å². The minimum absolute atomic E-state index is 0.00593. The molecule has 0 aromatic rings. The van der Waals surface area contributed by atoms with E-state index in [2.05, 4.69) is 33.0 Å². The highest BCUT2D eigenvalue weighted by Gasteiger charge is 2.33. The fraction of sp³-hybridized carbons (Fsp3) is 0.900. The number of hydrogen-bond acceptors (Lipinski definition) is 3. The third kappa shape index (κ3) is 2.44. The van der Waals surface area contributed by atoms with Crippen molar-refractivity contribution in [3.8, 4) is 0 Å². The molecule has 0 aromatic heterocycles. The monoisotopic (exact) mass is 185 g/mol. The van der Waals surface area contributed by atoms with Crippen LogP contribution in [0.3, 0.4) is 0 Å². The van der Waals surface area contributed by atoms with E-state index in [0.29, 0.717) is 12.5 Å². The van der Waals surface area contributed by atoms with E-state index in [1.807, 2.05) is 0 Å². The molecule has 0 radical (unpaired) electrons. The highest BCUT2D eigenvalue weighted by atomic mass is 16.5. The molecule has 1 saturated heterocycles. The molecule has 3 nitrogen and oxygen atoms in total. The fourth-order valence-electron chi connectivity index (χ4n) is 1.24. The molecule has 76 valence electrons. The predicted octanol–water partition coefficient (Wildman–Crippen LogP) is 1.33. The van der Waals surface area contributed by atoms with Crippen molar-refractivity contribution in [2.24, 2.45) is 5.92 Å². The summed E-state index contributed by atoms with van der Waals surface area (Å²) in [7, 11) is 0. The zero-order chi connectivity index (χ0) is 10.1. The van der Waals surface area contributed by atoms with Crippen molar-refractivity contribution in [3.63, 3.8) is 0 Å². The molecule has 1 fully saturated rings. The first kappa shape index (κ1) is 10.5. The second-order valence-electron chi connectivity index (χ2n) is 4.53. The highest BCUT2D eigenvalue weighted by molar-refractivity contribution is 5.77. The Balaban J connectivity index is 2.52. The standard InChI is InChI=1S/C10H19NO2/c1-7(2)10(3,4)11-8-5-6-13-9(8)12/h7-8,11H,5-6H2,1-4H3. The zero-order valence-electron chi connectivity index (χ0n) is 8.89. The van der Waals surface area contributed by atoms with Crippen LogP contribution in [0.15, 0.2) is 0 Å². The summed E-state index contributed by atoms with van der Waals surface area (Å²) in [6.07, 6.45) is 0.801. The summed E-state index contributed by atoms with van der Waals surface area (Å²) < 4.78 is 4.89. The maximum absolute atomic E-state index is 11.2. The van der Waals surface area contributed by atoms with Gasteiger partial charge in [-0.25, -0.2) is 0 Å². The van der Waals surface area contributed by atoms with Gasteiger partial charge < -0.3 is 4.74 Å². The van der Waals surface area contributed by atoms with Gasteiger partial charge in [0.15, 0.2) is 0 Å². The topological polar surface area (TPSA) is 38.3 Å². The minimum atomic E-state index is -0.103. The lowest BCUT2D eigenvalue weighted by molar-refractivity contribution is -0.140. The van der Waals surface area contributed by atoms with Crippen molar-refractivity contribution in [1.82, 2.24) is 5.32 Å². The van der Waals surface area contributed by atoms with E-state index >= 15 is 0 Å². The number of rotatable bonds is 3. The van der Waals surface area contributed by atoms with Gasteiger partial charge in [-0.2, -0.15) is 0 Å². The third-order valence-corrected chi connectivity index (χ3v) is 2.92. The molecule has 13 heavy (non-hydrogen) atoms. The summed E-state index contributed by atoms with van der Waals surface area (Å²) in [6.45, 7) is 9.08. The molecule has 1 unspecified atom stereocenters.